The van der Waals surface area contributed by atoms with Crippen LogP contribution in [0, 0.1) is 5.92 Å². The highest BCUT2D eigenvalue weighted by atomic mass is 35.5. The first-order chi connectivity index (χ1) is 7.79. The second kappa shape index (κ2) is 5.98. The van der Waals surface area contributed by atoms with E-state index in [-0.39, 0.29) is 0 Å². The minimum atomic E-state index is 0.486. The van der Waals surface area contributed by atoms with E-state index in [1.807, 2.05) is 13.1 Å². The summed E-state index contributed by atoms with van der Waals surface area (Å²) in [6, 6.07) is 4.50. The fourth-order valence-corrected chi connectivity index (χ4v) is 3.00. The van der Waals surface area contributed by atoms with Gasteiger partial charge in [0, 0.05) is 29.9 Å². The predicted molar refractivity (Wildman–Crippen MR) is 68.2 cm³/mol. The molecule has 0 bridgehead atoms. The molecule has 0 radical (unpaired) electrons. The first kappa shape index (κ1) is 12.3. The topological polar surface area (TPSA) is 33.3 Å². The van der Waals surface area contributed by atoms with Crippen LogP contribution in [0.2, 0.25) is 4.34 Å². The molecule has 1 aliphatic heterocycles. The van der Waals surface area contributed by atoms with Crippen molar-refractivity contribution in [3.63, 3.8) is 0 Å². The highest BCUT2D eigenvalue weighted by Gasteiger charge is 2.26. The number of likely N-dealkylation sites (N-methyl/N-ethyl adjacent to an activating group) is 1. The van der Waals surface area contributed by atoms with E-state index in [0.29, 0.717) is 12.0 Å². The average Bonchev–Trinajstić information content (AvgIpc) is 2.87. The summed E-state index contributed by atoms with van der Waals surface area (Å²) in [7, 11) is 1.99. The smallest absolute Gasteiger partial charge is 0.0931 e. The second-order valence-electron chi connectivity index (χ2n) is 4.03. The van der Waals surface area contributed by atoms with Crippen LogP contribution in [0.15, 0.2) is 12.1 Å². The number of thiophene rings is 1. The first-order valence-electron chi connectivity index (χ1n) is 5.49. The van der Waals surface area contributed by atoms with Gasteiger partial charge in [0.2, 0.25) is 0 Å². The summed E-state index contributed by atoms with van der Waals surface area (Å²) in [4.78, 5) is 1.28. The summed E-state index contributed by atoms with van der Waals surface area (Å²) >= 11 is 7.51. The lowest BCUT2D eigenvalue weighted by atomic mass is 10.0. The van der Waals surface area contributed by atoms with Crippen molar-refractivity contribution in [1.82, 2.24) is 10.6 Å². The van der Waals surface area contributed by atoms with Gasteiger partial charge in [-0.05, 0) is 19.2 Å². The maximum absolute atomic E-state index is 5.87. The molecule has 1 aromatic rings. The molecule has 2 N–H and O–H groups in total. The van der Waals surface area contributed by atoms with Crippen LogP contribution >= 0.6 is 22.9 Å². The van der Waals surface area contributed by atoms with Crippen LogP contribution in [0.3, 0.4) is 0 Å². The molecular formula is C11H17ClN2OS. The third-order valence-corrected chi connectivity index (χ3v) is 4.13. The summed E-state index contributed by atoms with van der Waals surface area (Å²) in [6.45, 7) is 3.56. The van der Waals surface area contributed by atoms with E-state index in [1.165, 1.54) is 4.88 Å². The molecule has 1 saturated heterocycles. The predicted octanol–water partition coefficient (Wildman–Crippen LogP) is 1.73. The highest BCUT2D eigenvalue weighted by Crippen LogP contribution is 2.21. The van der Waals surface area contributed by atoms with Crippen LogP contribution in [0.5, 0.6) is 0 Å². The molecule has 0 amide bonds. The zero-order chi connectivity index (χ0) is 11.4. The molecule has 2 atom stereocenters. The molecule has 16 heavy (non-hydrogen) atoms. The van der Waals surface area contributed by atoms with Crippen molar-refractivity contribution in [3.05, 3.63) is 21.3 Å². The number of ether oxygens (including phenoxy) is 1. The van der Waals surface area contributed by atoms with Gasteiger partial charge in [-0.25, -0.2) is 0 Å². The molecule has 2 heterocycles. The molecule has 1 aliphatic rings. The minimum absolute atomic E-state index is 0.486. The molecule has 0 spiro atoms. The Morgan fingerprint density at radius 3 is 3.06 bits per heavy atom. The summed E-state index contributed by atoms with van der Waals surface area (Å²) in [5.41, 5.74) is 0. The van der Waals surface area contributed by atoms with Gasteiger partial charge in [0.05, 0.1) is 17.6 Å². The molecule has 2 rings (SSSR count). The summed E-state index contributed by atoms with van der Waals surface area (Å²) in [5.74, 6) is 0.570. The molecule has 5 heteroatoms. The monoisotopic (exact) mass is 260 g/mol. The Bertz CT molecular complexity index is 332. The van der Waals surface area contributed by atoms with E-state index in [4.69, 9.17) is 16.3 Å². The number of hydrogen-bond donors (Lipinski definition) is 2. The van der Waals surface area contributed by atoms with Crippen LogP contribution in [0.4, 0.5) is 0 Å². The fourth-order valence-electron chi connectivity index (χ4n) is 1.95. The molecule has 1 aromatic heterocycles. The van der Waals surface area contributed by atoms with Gasteiger partial charge >= 0.3 is 0 Å². The van der Waals surface area contributed by atoms with Crippen LogP contribution in [0.1, 0.15) is 4.88 Å². The Morgan fingerprint density at radius 2 is 2.38 bits per heavy atom. The van der Waals surface area contributed by atoms with Crippen LogP contribution in [0.25, 0.3) is 0 Å². The van der Waals surface area contributed by atoms with E-state index < -0.39 is 0 Å². The Labute approximate surface area is 105 Å². The molecular weight excluding hydrogens is 244 g/mol. The second-order valence-corrected chi connectivity index (χ2v) is 5.83. The van der Waals surface area contributed by atoms with Crippen molar-refractivity contribution in [2.45, 2.75) is 12.6 Å². The lowest BCUT2D eigenvalue weighted by Crippen LogP contribution is -2.38. The largest absolute Gasteiger partial charge is 0.379 e. The summed E-state index contributed by atoms with van der Waals surface area (Å²) in [6.07, 6.45) is 0. The quantitative estimate of drug-likeness (QED) is 0.846. The first-order valence-corrected chi connectivity index (χ1v) is 6.69. The highest BCUT2D eigenvalue weighted by molar-refractivity contribution is 7.16. The standard InChI is InChI=1S/C11H17ClN2OS/c1-13-10-7-15-6-8(10)4-14-5-9-2-3-11(12)16-9/h2-3,8,10,13-14H,4-7H2,1H3. The van der Waals surface area contributed by atoms with Gasteiger partial charge in [0.25, 0.3) is 0 Å². The van der Waals surface area contributed by atoms with Gasteiger partial charge in [-0.2, -0.15) is 0 Å². The van der Waals surface area contributed by atoms with Crippen molar-refractivity contribution < 1.29 is 4.74 Å². The van der Waals surface area contributed by atoms with Crippen LogP contribution < -0.4 is 10.6 Å². The molecule has 0 aromatic carbocycles. The maximum Gasteiger partial charge on any atom is 0.0931 e. The Kier molecular flexibility index (Phi) is 4.61. The molecule has 3 nitrogen and oxygen atoms in total. The van der Waals surface area contributed by atoms with E-state index >= 15 is 0 Å². The van der Waals surface area contributed by atoms with Crippen LogP contribution in [-0.2, 0) is 11.3 Å². The third-order valence-electron chi connectivity index (χ3n) is 2.90. The van der Waals surface area contributed by atoms with Gasteiger partial charge in [0.1, 0.15) is 0 Å². The normalized spacial score (nSPS) is 25.1. The van der Waals surface area contributed by atoms with Crippen molar-refractivity contribution in [2.24, 2.45) is 5.92 Å². The van der Waals surface area contributed by atoms with Gasteiger partial charge in [-0.3, -0.25) is 0 Å². The average molecular weight is 261 g/mol. The SMILES string of the molecule is CNC1COCC1CNCc1ccc(Cl)s1. The Morgan fingerprint density at radius 1 is 1.50 bits per heavy atom. The molecule has 1 fully saturated rings. The number of halogens is 1. The maximum atomic E-state index is 5.87. The van der Waals surface area contributed by atoms with Crippen molar-refractivity contribution in [1.29, 1.82) is 0 Å². The number of rotatable bonds is 5. The van der Waals surface area contributed by atoms with Crippen molar-refractivity contribution in [2.75, 3.05) is 26.8 Å². The molecule has 0 aliphatic carbocycles. The zero-order valence-corrected chi connectivity index (χ0v) is 10.9. The number of hydrogen-bond acceptors (Lipinski definition) is 4. The van der Waals surface area contributed by atoms with Gasteiger partial charge in [0.15, 0.2) is 0 Å². The van der Waals surface area contributed by atoms with E-state index in [1.54, 1.807) is 11.3 Å². The van der Waals surface area contributed by atoms with Crippen molar-refractivity contribution in [3.8, 4) is 0 Å². The lowest BCUT2D eigenvalue weighted by molar-refractivity contribution is 0.182. The van der Waals surface area contributed by atoms with E-state index in [0.717, 1.165) is 30.6 Å². The van der Waals surface area contributed by atoms with Crippen LogP contribution in [-0.4, -0.2) is 32.8 Å². The fraction of sp³-hybridized carbons (Fsp3) is 0.636. The van der Waals surface area contributed by atoms with Gasteiger partial charge in [-0.15, -0.1) is 11.3 Å². The Balaban J connectivity index is 1.71. The molecule has 2 unspecified atom stereocenters. The third kappa shape index (κ3) is 3.18. The van der Waals surface area contributed by atoms with Gasteiger partial charge < -0.3 is 15.4 Å². The minimum Gasteiger partial charge on any atom is -0.379 e. The lowest BCUT2D eigenvalue weighted by Gasteiger charge is -2.16. The zero-order valence-electron chi connectivity index (χ0n) is 9.33. The number of nitrogens with one attached hydrogen (secondary N) is 2. The Hall–Kier alpha value is -0.130. The molecule has 0 saturated carbocycles. The van der Waals surface area contributed by atoms with E-state index in [9.17, 15) is 0 Å². The van der Waals surface area contributed by atoms with Gasteiger partial charge in [-0.1, -0.05) is 11.6 Å². The molecule has 90 valence electrons. The summed E-state index contributed by atoms with van der Waals surface area (Å²) < 4.78 is 6.30. The van der Waals surface area contributed by atoms with E-state index in [2.05, 4.69) is 16.7 Å². The summed E-state index contributed by atoms with van der Waals surface area (Å²) in [5, 5.41) is 6.74. The van der Waals surface area contributed by atoms with Crippen molar-refractivity contribution >= 4 is 22.9 Å².